The second kappa shape index (κ2) is 8.81. The van der Waals surface area contributed by atoms with Crippen LogP contribution >= 0.6 is 23.5 Å². The Hall–Kier alpha value is -1.09. The van der Waals surface area contributed by atoms with Crippen LogP contribution in [-0.2, 0) is 36.1 Å². The molecule has 3 unspecified atom stereocenters. The van der Waals surface area contributed by atoms with Gasteiger partial charge in [-0.25, -0.2) is 27.3 Å². The molecule has 0 bridgehead atoms. The molecule has 5 atom stereocenters. The Morgan fingerprint density at radius 2 is 1.87 bits per heavy atom. The Bertz CT molecular complexity index is 988. The van der Waals surface area contributed by atoms with E-state index < -0.39 is 60.4 Å². The minimum Gasteiger partial charge on any atom is -0.383 e. The van der Waals surface area contributed by atoms with E-state index in [0.29, 0.717) is 11.7 Å². The maximum atomic E-state index is 14.2. The topological polar surface area (TPSA) is 219 Å². The lowest BCUT2D eigenvalue weighted by Gasteiger charge is -2.20. The van der Waals surface area contributed by atoms with Gasteiger partial charge in [0.1, 0.15) is 5.82 Å². The highest BCUT2D eigenvalue weighted by atomic mass is 31.3. The van der Waals surface area contributed by atoms with Gasteiger partial charge in [0.05, 0.1) is 12.7 Å². The van der Waals surface area contributed by atoms with Gasteiger partial charge in [0.15, 0.2) is 0 Å². The van der Waals surface area contributed by atoms with Gasteiger partial charge in [-0.1, -0.05) is 0 Å². The van der Waals surface area contributed by atoms with Crippen molar-refractivity contribution in [2.45, 2.75) is 24.7 Å². The van der Waals surface area contributed by atoms with Crippen LogP contribution < -0.4 is 11.4 Å². The van der Waals surface area contributed by atoms with E-state index in [1.165, 1.54) is 0 Å². The molecule has 1 aliphatic rings. The second-order valence-corrected chi connectivity index (χ2v) is 10.4. The van der Waals surface area contributed by atoms with Crippen molar-refractivity contribution in [1.82, 2.24) is 9.55 Å². The lowest BCUT2D eigenvalue weighted by molar-refractivity contribution is -0.119. The molecule has 30 heavy (non-hydrogen) atoms. The van der Waals surface area contributed by atoms with Crippen molar-refractivity contribution in [1.29, 1.82) is 0 Å². The molecule has 1 fully saturated rings. The monoisotopic (exact) mass is 501 g/mol. The molecule has 172 valence electrons. The number of rotatable bonds is 9. The largest absolute Gasteiger partial charge is 0.490 e. The molecule has 1 aromatic rings. The third kappa shape index (κ3) is 6.70. The van der Waals surface area contributed by atoms with Crippen molar-refractivity contribution in [2.24, 2.45) is 0 Å². The maximum Gasteiger partial charge on any atom is 0.490 e. The molecule has 1 saturated heterocycles. The summed E-state index contributed by atoms with van der Waals surface area (Å²) < 4.78 is 83.7. The Balaban J connectivity index is 2.03. The van der Waals surface area contributed by atoms with Crippen LogP contribution in [0.3, 0.4) is 0 Å². The number of aromatic nitrogens is 2. The van der Waals surface area contributed by atoms with Crippen molar-refractivity contribution in [3.05, 3.63) is 22.7 Å². The number of nitrogen functional groups attached to an aromatic ring is 1. The van der Waals surface area contributed by atoms with Gasteiger partial charge in [-0.2, -0.15) is 13.6 Å². The number of alkyl halides is 2. The predicted octanol–water partition coefficient (Wildman–Crippen LogP) is 0.746. The van der Waals surface area contributed by atoms with Crippen molar-refractivity contribution in [3.63, 3.8) is 0 Å². The molecule has 0 saturated carbocycles. The average molecular weight is 501 g/mol. The lowest BCUT2D eigenvalue weighted by atomic mass is 10.2. The molecule has 20 heteroatoms. The van der Waals surface area contributed by atoms with Gasteiger partial charge in [-0.3, -0.25) is 13.6 Å². The van der Waals surface area contributed by atoms with E-state index in [1.807, 2.05) is 0 Å². The first kappa shape index (κ1) is 25.2. The molecule has 0 aromatic carbocycles. The molecular weight excluding hydrogens is 485 g/mol. The van der Waals surface area contributed by atoms with Gasteiger partial charge < -0.3 is 25.2 Å². The highest BCUT2D eigenvalue weighted by Crippen LogP contribution is 2.67. The summed E-state index contributed by atoms with van der Waals surface area (Å²) in [6.07, 6.45) is -3.87. The van der Waals surface area contributed by atoms with Gasteiger partial charge in [0.25, 0.3) is 5.92 Å². The molecule has 5 N–H and O–H groups in total. The minimum atomic E-state index is -5.64. The van der Waals surface area contributed by atoms with Crippen LogP contribution in [-0.4, -0.2) is 50.0 Å². The van der Waals surface area contributed by atoms with Crippen molar-refractivity contribution in [2.75, 3.05) is 19.5 Å². The molecule has 15 nitrogen and oxygen atoms in total. The van der Waals surface area contributed by atoms with Crippen LogP contribution in [0.1, 0.15) is 12.6 Å². The summed E-state index contributed by atoms with van der Waals surface area (Å²) in [4.78, 5) is 42.6. The first-order valence-electron chi connectivity index (χ1n) is 7.55. The fourth-order valence-electron chi connectivity index (χ4n) is 2.22. The zero-order valence-electron chi connectivity index (χ0n) is 14.8. The van der Waals surface area contributed by atoms with E-state index in [2.05, 4.69) is 22.7 Å². The van der Waals surface area contributed by atoms with Crippen LogP contribution in [0, 0.1) is 0 Å². The van der Waals surface area contributed by atoms with E-state index in [9.17, 15) is 37.1 Å². The van der Waals surface area contributed by atoms with E-state index >= 15 is 0 Å². The fourth-order valence-corrected chi connectivity index (χ4v) is 5.50. The van der Waals surface area contributed by atoms with Gasteiger partial charge in [-0.05, 0) is 6.07 Å². The molecule has 0 radical (unpaired) electrons. The lowest BCUT2D eigenvalue weighted by Crippen LogP contribution is -2.35. The maximum absolute atomic E-state index is 14.2. The highest BCUT2D eigenvalue weighted by Gasteiger charge is 2.52. The van der Waals surface area contributed by atoms with Crippen molar-refractivity contribution < 1.29 is 59.6 Å². The summed E-state index contributed by atoms with van der Waals surface area (Å²) in [5.74, 6) is -3.85. The third-order valence-electron chi connectivity index (χ3n) is 3.35. The third-order valence-corrected chi connectivity index (χ3v) is 7.59. The van der Waals surface area contributed by atoms with E-state index in [4.69, 9.17) is 15.4 Å². The molecular formula is C10H16F2N3O12P3. The zero-order chi connectivity index (χ0) is 23.0. The molecule has 2 heterocycles. The first-order chi connectivity index (χ1) is 13.6. The highest BCUT2D eigenvalue weighted by molar-refractivity contribution is 7.66. The summed E-state index contributed by atoms with van der Waals surface area (Å²) in [5.41, 5.74) is 4.14. The quantitative estimate of drug-likeness (QED) is 0.343. The summed E-state index contributed by atoms with van der Waals surface area (Å²) >= 11 is 0. The van der Waals surface area contributed by atoms with Crippen LogP contribution in [0.5, 0.6) is 0 Å². The van der Waals surface area contributed by atoms with Gasteiger partial charge in [0, 0.05) is 19.7 Å². The van der Waals surface area contributed by atoms with Crippen LogP contribution in [0.15, 0.2) is 17.1 Å². The summed E-state index contributed by atoms with van der Waals surface area (Å²) in [7, 11) is -15.6. The number of hydrogen-bond donors (Lipinski definition) is 4. The summed E-state index contributed by atoms with van der Waals surface area (Å²) in [5, 5.41) is 0. The van der Waals surface area contributed by atoms with E-state index in [-0.39, 0.29) is 5.82 Å². The van der Waals surface area contributed by atoms with Gasteiger partial charge >= 0.3 is 29.2 Å². The number of hydrogen-bond acceptors (Lipinski definition) is 11. The number of phosphoric acid groups is 3. The van der Waals surface area contributed by atoms with Gasteiger partial charge in [0.2, 0.25) is 6.23 Å². The summed E-state index contributed by atoms with van der Waals surface area (Å²) in [6.45, 7) is -1.06. The zero-order valence-corrected chi connectivity index (χ0v) is 17.5. The molecule has 0 aliphatic carbocycles. The van der Waals surface area contributed by atoms with Crippen LogP contribution in [0.2, 0.25) is 0 Å². The number of nitrogens with zero attached hydrogens (tertiary/aromatic N) is 2. The van der Waals surface area contributed by atoms with E-state index in [0.717, 1.165) is 12.3 Å². The Kier molecular flexibility index (Phi) is 7.39. The standard InChI is InChI=1S/C10H16F2N3O12P3/c1-23-28(17,18)26-30(21,22)27-29(19,20)24-5-6-4-10(11,12)8(25-6)15-3-2-7(13)14-9(15)16/h2-3,6,8H,4-5H2,1H3,(H,17,18)(H,19,20)(H,21,22)(H2,13,14,16)/t6-,8+/m0/s1. The van der Waals surface area contributed by atoms with Crippen molar-refractivity contribution >= 4 is 29.3 Å². The normalized spacial score (nSPS) is 27.1. The number of halogens is 2. The first-order valence-corrected chi connectivity index (χ1v) is 12.0. The minimum absolute atomic E-state index is 0.215. The number of anilines is 1. The van der Waals surface area contributed by atoms with Crippen molar-refractivity contribution in [3.8, 4) is 0 Å². The van der Waals surface area contributed by atoms with Crippen LogP contribution in [0.4, 0.5) is 14.6 Å². The molecule has 0 amide bonds. The number of ether oxygens (including phenoxy) is 1. The number of nitrogens with two attached hydrogens (primary N) is 1. The number of phosphoric ester groups is 2. The fraction of sp³-hybridized carbons (Fsp3) is 0.600. The smallest absolute Gasteiger partial charge is 0.383 e. The summed E-state index contributed by atoms with van der Waals surface area (Å²) in [6, 6.07) is 1.07. The molecule has 1 aliphatic heterocycles. The average Bonchev–Trinajstić information content (AvgIpc) is 2.86. The van der Waals surface area contributed by atoms with E-state index in [1.54, 1.807) is 0 Å². The molecule has 0 spiro atoms. The SMILES string of the molecule is COP(=O)(O)OP(=O)(O)OP(=O)(O)OC[C@@H]1CC(F)(F)[C@H](n2ccc(N)nc2=O)O1. The molecule has 2 rings (SSSR count). The predicted molar refractivity (Wildman–Crippen MR) is 91.0 cm³/mol. The Labute approximate surface area is 166 Å². The van der Waals surface area contributed by atoms with Gasteiger partial charge in [-0.15, -0.1) is 0 Å². The second-order valence-electron chi connectivity index (χ2n) is 5.67. The Morgan fingerprint density at radius 3 is 2.43 bits per heavy atom. The Morgan fingerprint density at radius 1 is 1.27 bits per heavy atom. The molecule has 1 aromatic heterocycles. The van der Waals surface area contributed by atoms with Crippen LogP contribution in [0.25, 0.3) is 0 Å².